The third-order valence-electron chi connectivity index (χ3n) is 7.24. The molecule has 0 radical (unpaired) electrons. The first-order chi connectivity index (χ1) is 19.4. The van der Waals surface area contributed by atoms with E-state index >= 15 is 0 Å². The van der Waals surface area contributed by atoms with Gasteiger partial charge in [0.05, 0.1) is 0 Å². The van der Waals surface area contributed by atoms with E-state index in [1.807, 2.05) is 32.0 Å². The fraction of sp³-hybridized carbons (Fsp3) is 0.412. The van der Waals surface area contributed by atoms with Gasteiger partial charge in [0, 0.05) is 10.8 Å². The highest BCUT2D eigenvalue weighted by Crippen LogP contribution is 2.43. The fourth-order valence-electron chi connectivity index (χ4n) is 5.87. The average molecular weight is 613 g/mol. The van der Waals surface area contributed by atoms with Gasteiger partial charge < -0.3 is 0 Å². The molecular weight excluding hydrogens is 569 g/mol. The first-order valence-electron chi connectivity index (χ1n) is 14.5. The SMILES string of the molecule is CC(C)Cc1cccc2c(S(=O)(=O)O)c(C(C)C)c(C(C)C)c(CC(C)C)c12.O=S(=O)(O)c1cccc2ccccc12. The molecule has 0 aliphatic heterocycles. The van der Waals surface area contributed by atoms with Crippen LogP contribution in [0.4, 0.5) is 0 Å². The van der Waals surface area contributed by atoms with E-state index in [0.717, 1.165) is 34.7 Å². The van der Waals surface area contributed by atoms with Crippen molar-refractivity contribution < 1.29 is 25.9 Å². The Balaban J connectivity index is 0.000000287. The summed E-state index contributed by atoms with van der Waals surface area (Å²) in [5, 5.41) is 3.04. The van der Waals surface area contributed by atoms with Gasteiger partial charge in [0.1, 0.15) is 9.79 Å². The summed E-state index contributed by atoms with van der Waals surface area (Å²) in [7, 11) is -8.48. The summed E-state index contributed by atoms with van der Waals surface area (Å²) < 4.78 is 66.3. The molecule has 0 heterocycles. The molecule has 0 spiro atoms. The normalized spacial score (nSPS) is 12.5. The van der Waals surface area contributed by atoms with Gasteiger partial charge in [0.25, 0.3) is 20.2 Å². The van der Waals surface area contributed by atoms with Crippen molar-refractivity contribution in [2.75, 3.05) is 0 Å². The Labute approximate surface area is 251 Å². The Bertz CT molecular complexity index is 1780. The fourth-order valence-corrected chi connectivity index (χ4v) is 7.66. The minimum absolute atomic E-state index is 0.00149. The molecule has 0 aliphatic carbocycles. The average Bonchev–Trinajstić information content (AvgIpc) is 2.86. The third kappa shape index (κ3) is 7.59. The molecule has 0 bridgehead atoms. The zero-order valence-electron chi connectivity index (χ0n) is 25.8. The minimum atomic E-state index is -4.35. The van der Waals surface area contributed by atoms with Crippen LogP contribution in [0.15, 0.2) is 70.5 Å². The van der Waals surface area contributed by atoms with Crippen molar-refractivity contribution >= 4 is 41.8 Å². The monoisotopic (exact) mass is 612 g/mol. The molecule has 0 fully saturated rings. The van der Waals surface area contributed by atoms with E-state index in [4.69, 9.17) is 4.55 Å². The van der Waals surface area contributed by atoms with Gasteiger partial charge in [-0.25, -0.2) is 0 Å². The summed E-state index contributed by atoms with van der Waals surface area (Å²) in [6, 6.07) is 17.7. The maximum atomic E-state index is 12.6. The highest BCUT2D eigenvalue weighted by atomic mass is 32.2. The molecule has 228 valence electrons. The number of benzene rings is 4. The maximum absolute atomic E-state index is 12.6. The van der Waals surface area contributed by atoms with Gasteiger partial charge in [-0.1, -0.05) is 110 Å². The van der Waals surface area contributed by atoms with Crippen molar-refractivity contribution in [2.24, 2.45) is 11.8 Å². The second-order valence-corrected chi connectivity index (χ2v) is 15.2. The molecule has 0 unspecified atom stereocenters. The van der Waals surface area contributed by atoms with Gasteiger partial charge in [-0.2, -0.15) is 16.8 Å². The molecule has 0 saturated heterocycles. The molecule has 0 aliphatic rings. The lowest BCUT2D eigenvalue weighted by Crippen LogP contribution is -2.15. The van der Waals surface area contributed by atoms with Crippen LogP contribution < -0.4 is 0 Å². The standard InChI is InChI=1S/C24H36O3S.C10H8O3S/c1-14(2)12-18-10-9-11-19-23(18)20(13-15(3)4)21(16(5)6)22(17(7)8)24(19)28(25,26)27;11-14(12,13)10-7-3-5-8-4-1-2-6-9(8)10/h9-11,14-17H,12-13H2,1-8H3,(H,25,26,27);1-7H,(H,11,12,13). The predicted octanol–water partition coefficient (Wildman–Crippen LogP) is 8.82. The van der Waals surface area contributed by atoms with Gasteiger partial charge in [0.15, 0.2) is 0 Å². The highest BCUT2D eigenvalue weighted by molar-refractivity contribution is 7.86. The van der Waals surface area contributed by atoms with Gasteiger partial charge in [-0.3, -0.25) is 9.11 Å². The number of fused-ring (bicyclic) bond motifs is 2. The molecule has 42 heavy (non-hydrogen) atoms. The van der Waals surface area contributed by atoms with Crippen molar-refractivity contribution in [3.05, 3.63) is 82.9 Å². The van der Waals surface area contributed by atoms with E-state index in [2.05, 4.69) is 47.6 Å². The number of rotatable bonds is 8. The van der Waals surface area contributed by atoms with Crippen LogP contribution in [0.2, 0.25) is 0 Å². The van der Waals surface area contributed by atoms with Crippen molar-refractivity contribution in [2.45, 2.75) is 89.9 Å². The second-order valence-electron chi connectivity index (χ2n) is 12.4. The minimum Gasteiger partial charge on any atom is -0.282 e. The molecule has 6 nitrogen and oxygen atoms in total. The Morgan fingerprint density at radius 3 is 1.64 bits per heavy atom. The first kappa shape index (κ1) is 33.7. The molecule has 0 aromatic heterocycles. The van der Waals surface area contributed by atoms with Crippen LogP contribution in [0.1, 0.15) is 89.5 Å². The summed E-state index contributed by atoms with van der Waals surface area (Å²) in [6.45, 7) is 17.0. The zero-order chi connectivity index (χ0) is 31.6. The molecule has 0 atom stereocenters. The molecule has 4 aromatic rings. The van der Waals surface area contributed by atoms with Crippen LogP contribution in [-0.2, 0) is 33.1 Å². The summed E-state index contributed by atoms with van der Waals surface area (Å²) in [4.78, 5) is 0.0647. The Kier molecular flexibility index (Phi) is 10.6. The lowest BCUT2D eigenvalue weighted by atomic mass is 9.79. The van der Waals surface area contributed by atoms with E-state index in [-0.39, 0.29) is 21.6 Å². The summed E-state index contributed by atoms with van der Waals surface area (Å²) >= 11 is 0. The Morgan fingerprint density at radius 2 is 1.12 bits per heavy atom. The first-order valence-corrected chi connectivity index (χ1v) is 17.4. The second kappa shape index (κ2) is 13.2. The Morgan fingerprint density at radius 1 is 0.595 bits per heavy atom. The van der Waals surface area contributed by atoms with Crippen LogP contribution in [0.5, 0.6) is 0 Å². The molecule has 8 heteroatoms. The smallest absolute Gasteiger partial charge is 0.282 e. The molecule has 4 rings (SSSR count). The van der Waals surface area contributed by atoms with E-state index in [9.17, 15) is 21.4 Å². The number of hydrogen-bond donors (Lipinski definition) is 2. The van der Waals surface area contributed by atoms with E-state index in [0.29, 0.717) is 22.6 Å². The van der Waals surface area contributed by atoms with Crippen molar-refractivity contribution in [1.29, 1.82) is 0 Å². The maximum Gasteiger partial charge on any atom is 0.295 e. The van der Waals surface area contributed by atoms with E-state index in [1.165, 1.54) is 17.2 Å². The molecule has 0 saturated carbocycles. The lowest BCUT2D eigenvalue weighted by Gasteiger charge is -2.28. The molecule has 4 aromatic carbocycles. The van der Waals surface area contributed by atoms with E-state index in [1.54, 1.807) is 30.3 Å². The summed E-state index contributed by atoms with van der Waals surface area (Å²) in [5.41, 5.74) is 4.31. The van der Waals surface area contributed by atoms with Crippen molar-refractivity contribution in [1.82, 2.24) is 0 Å². The predicted molar refractivity (Wildman–Crippen MR) is 173 cm³/mol. The van der Waals surface area contributed by atoms with Gasteiger partial charge in [-0.15, -0.1) is 0 Å². The van der Waals surface area contributed by atoms with Crippen LogP contribution in [0.3, 0.4) is 0 Å². The third-order valence-corrected chi connectivity index (χ3v) is 9.11. The zero-order valence-corrected chi connectivity index (χ0v) is 27.5. The van der Waals surface area contributed by atoms with Crippen molar-refractivity contribution in [3.63, 3.8) is 0 Å². The topological polar surface area (TPSA) is 109 Å². The lowest BCUT2D eigenvalue weighted by molar-refractivity contribution is 0.480. The van der Waals surface area contributed by atoms with Crippen LogP contribution in [0, 0.1) is 11.8 Å². The van der Waals surface area contributed by atoms with Crippen molar-refractivity contribution in [3.8, 4) is 0 Å². The van der Waals surface area contributed by atoms with Crippen LogP contribution >= 0.6 is 0 Å². The molecular formula is C34H44O6S2. The largest absolute Gasteiger partial charge is 0.295 e. The van der Waals surface area contributed by atoms with Crippen LogP contribution in [0.25, 0.3) is 21.5 Å². The molecule has 2 N–H and O–H groups in total. The quantitative estimate of drug-likeness (QED) is 0.193. The Hall–Kier alpha value is -2.78. The molecule has 0 amide bonds. The van der Waals surface area contributed by atoms with Crippen LogP contribution in [-0.4, -0.2) is 25.9 Å². The number of hydrogen-bond acceptors (Lipinski definition) is 4. The van der Waals surface area contributed by atoms with Gasteiger partial charge >= 0.3 is 0 Å². The van der Waals surface area contributed by atoms with E-state index < -0.39 is 20.2 Å². The van der Waals surface area contributed by atoms with Gasteiger partial charge in [0.2, 0.25) is 0 Å². The summed E-state index contributed by atoms with van der Waals surface area (Å²) in [6.07, 6.45) is 1.77. The highest BCUT2D eigenvalue weighted by Gasteiger charge is 2.30. The summed E-state index contributed by atoms with van der Waals surface area (Å²) in [5.74, 6) is 1.07. The van der Waals surface area contributed by atoms with Gasteiger partial charge in [-0.05, 0) is 75.6 Å².